The molecule has 0 saturated carbocycles. The van der Waals surface area contributed by atoms with Crippen molar-refractivity contribution in [2.24, 2.45) is 5.73 Å². The summed E-state index contributed by atoms with van der Waals surface area (Å²) in [4.78, 5) is 2.51. The van der Waals surface area contributed by atoms with Crippen molar-refractivity contribution in [3.05, 3.63) is 34.5 Å². The second-order valence-corrected chi connectivity index (χ2v) is 7.08. The van der Waals surface area contributed by atoms with Crippen LogP contribution in [0.15, 0.2) is 33.2 Å². The van der Waals surface area contributed by atoms with Gasteiger partial charge in [-0.3, -0.25) is 4.90 Å². The molecule has 0 spiro atoms. The van der Waals surface area contributed by atoms with Crippen LogP contribution in [0.4, 0.5) is 0 Å². The number of nitrogens with zero attached hydrogens (tertiary/aromatic N) is 1. The number of hydrogen-bond acceptors (Lipinski definition) is 3. The Balaban J connectivity index is 1.89. The van der Waals surface area contributed by atoms with Crippen molar-refractivity contribution in [1.82, 2.24) is 4.90 Å². The third-order valence-corrected chi connectivity index (χ3v) is 5.10. The van der Waals surface area contributed by atoms with E-state index in [1.165, 1.54) is 19.3 Å². The van der Waals surface area contributed by atoms with Crippen molar-refractivity contribution in [2.45, 2.75) is 51.2 Å². The molecule has 1 aliphatic heterocycles. The van der Waals surface area contributed by atoms with Crippen LogP contribution in [-0.4, -0.2) is 23.5 Å². The summed E-state index contributed by atoms with van der Waals surface area (Å²) in [7, 11) is 0. The third-order valence-electron chi connectivity index (χ3n) is 4.61. The number of rotatable bonds is 3. The second kappa shape index (κ2) is 6.11. The maximum atomic E-state index is 6.19. The number of furan rings is 1. The smallest absolute Gasteiger partial charge is 0.134 e. The first-order valence-corrected chi connectivity index (χ1v) is 8.56. The molecule has 1 saturated heterocycles. The van der Waals surface area contributed by atoms with Crippen molar-refractivity contribution in [2.75, 3.05) is 6.54 Å². The summed E-state index contributed by atoms with van der Waals surface area (Å²) in [5.41, 5.74) is 7.14. The van der Waals surface area contributed by atoms with Gasteiger partial charge in [0, 0.05) is 21.9 Å². The second-order valence-electron chi connectivity index (χ2n) is 6.17. The van der Waals surface area contributed by atoms with Crippen LogP contribution in [-0.2, 0) is 0 Å². The highest BCUT2D eigenvalue weighted by atomic mass is 79.9. The molecule has 21 heavy (non-hydrogen) atoms. The Morgan fingerprint density at radius 1 is 1.29 bits per heavy atom. The van der Waals surface area contributed by atoms with Gasteiger partial charge >= 0.3 is 0 Å². The minimum absolute atomic E-state index is 0.200. The summed E-state index contributed by atoms with van der Waals surface area (Å²) >= 11 is 3.52. The summed E-state index contributed by atoms with van der Waals surface area (Å²) in [6.07, 6.45) is 3.72. The standard InChI is InChI=1S/C17H23BrN2O/c1-11(19)15-5-3-4-8-20(15)12(2)17-10-13-9-14(18)6-7-16(13)21-17/h6-7,9-12,15H,3-5,8,19H2,1-2H3. The van der Waals surface area contributed by atoms with Crippen LogP contribution in [0, 0.1) is 0 Å². The zero-order chi connectivity index (χ0) is 15.0. The Morgan fingerprint density at radius 2 is 2.10 bits per heavy atom. The minimum atomic E-state index is 0.200. The molecular weight excluding hydrogens is 328 g/mol. The Labute approximate surface area is 134 Å². The number of likely N-dealkylation sites (tertiary alicyclic amines) is 1. The number of fused-ring (bicyclic) bond motifs is 1. The molecule has 2 N–H and O–H groups in total. The third kappa shape index (κ3) is 3.03. The first-order valence-electron chi connectivity index (χ1n) is 7.76. The molecule has 0 amide bonds. The number of halogens is 1. The molecule has 0 bridgehead atoms. The maximum absolute atomic E-state index is 6.19. The molecule has 1 aromatic heterocycles. The highest BCUT2D eigenvalue weighted by Gasteiger charge is 2.31. The van der Waals surface area contributed by atoms with E-state index in [0.29, 0.717) is 6.04 Å². The summed E-state index contributed by atoms with van der Waals surface area (Å²) in [6, 6.07) is 9.24. The zero-order valence-electron chi connectivity index (χ0n) is 12.7. The lowest BCUT2D eigenvalue weighted by Crippen LogP contribution is -2.49. The lowest BCUT2D eigenvalue weighted by molar-refractivity contribution is 0.0793. The van der Waals surface area contributed by atoms with E-state index >= 15 is 0 Å². The lowest BCUT2D eigenvalue weighted by Gasteiger charge is -2.41. The van der Waals surface area contributed by atoms with E-state index in [1.807, 2.05) is 12.1 Å². The van der Waals surface area contributed by atoms with Crippen LogP contribution in [0.5, 0.6) is 0 Å². The van der Waals surface area contributed by atoms with Crippen molar-refractivity contribution in [3.63, 3.8) is 0 Å². The van der Waals surface area contributed by atoms with Gasteiger partial charge in [0.25, 0.3) is 0 Å². The number of benzene rings is 1. The molecule has 3 atom stereocenters. The number of nitrogens with two attached hydrogens (primary N) is 1. The van der Waals surface area contributed by atoms with Gasteiger partial charge in [0.05, 0.1) is 6.04 Å². The normalized spacial score (nSPS) is 23.3. The lowest BCUT2D eigenvalue weighted by atomic mass is 9.95. The van der Waals surface area contributed by atoms with E-state index in [-0.39, 0.29) is 12.1 Å². The van der Waals surface area contributed by atoms with Crippen LogP contribution >= 0.6 is 15.9 Å². The van der Waals surface area contributed by atoms with E-state index in [1.54, 1.807) is 0 Å². The van der Waals surface area contributed by atoms with E-state index < -0.39 is 0 Å². The largest absolute Gasteiger partial charge is 0.459 e. The fourth-order valence-electron chi connectivity index (χ4n) is 3.43. The Hall–Kier alpha value is -0.840. The zero-order valence-corrected chi connectivity index (χ0v) is 14.3. The first kappa shape index (κ1) is 15.1. The van der Waals surface area contributed by atoms with Crippen LogP contribution in [0.1, 0.15) is 44.9 Å². The van der Waals surface area contributed by atoms with Crippen LogP contribution in [0.3, 0.4) is 0 Å². The van der Waals surface area contributed by atoms with Crippen molar-refractivity contribution < 1.29 is 4.42 Å². The molecule has 1 fully saturated rings. The van der Waals surface area contributed by atoms with Crippen molar-refractivity contribution >= 4 is 26.9 Å². The average molecular weight is 351 g/mol. The highest BCUT2D eigenvalue weighted by molar-refractivity contribution is 9.10. The van der Waals surface area contributed by atoms with Crippen LogP contribution in [0.2, 0.25) is 0 Å². The Bertz CT molecular complexity index is 622. The van der Waals surface area contributed by atoms with Crippen LogP contribution < -0.4 is 5.73 Å². The molecule has 1 aromatic carbocycles. The Morgan fingerprint density at radius 3 is 2.86 bits per heavy atom. The molecule has 2 aromatic rings. The highest BCUT2D eigenvalue weighted by Crippen LogP contribution is 2.33. The summed E-state index contributed by atoms with van der Waals surface area (Å²) in [5.74, 6) is 1.04. The minimum Gasteiger partial charge on any atom is -0.459 e. The van der Waals surface area contributed by atoms with Gasteiger partial charge < -0.3 is 10.2 Å². The molecule has 0 radical (unpaired) electrons. The maximum Gasteiger partial charge on any atom is 0.134 e. The quantitative estimate of drug-likeness (QED) is 0.888. The monoisotopic (exact) mass is 350 g/mol. The van der Waals surface area contributed by atoms with Crippen molar-refractivity contribution in [1.29, 1.82) is 0 Å². The van der Waals surface area contributed by atoms with E-state index in [9.17, 15) is 0 Å². The van der Waals surface area contributed by atoms with Gasteiger partial charge in [0.2, 0.25) is 0 Å². The predicted octanol–water partition coefficient (Wildman–Crippen LogP) is 4.46. The molecule has 114 valence electrons. The number of piperidine rings is 1. The molecule has 4 heteroatoms. The molecule has 3 nitrogen and oxygen atoms in total. The van der Waals surface area contributed by atoms with E-state index in [0.717, 1.165) is 27.7 Å². The fraction of sp³-hybridized carbons (Fsp3) is 0.529. The molecular formula is C17H23BrN2O. The summed E-state index contributed by atoms with van der Waals surface area (Å²) < 4.78 is 7.15. The fourth-order valence-corrected chi connectivity index (χ4v) is 3.81. The molecule has 3 rings (SSSR count). The molecule has 0 aliphatic carbocycles. The van der Waals surface area contributed by atoms with Crippen molar-refractivity contribution in [3.8, 4) is 0 Å². The Kier molecular flexibility index (Phi) is 4.38. The van der Waals surface area contributed by atoms with Gasteiger partial charge in [-0.2, -0.15) is 0 Å². The average Bonchev–Trinajstić information content (AvgIpc) is 2.89. The molecule has 2 heterocycles. The van der Waals surface area contributed by atoms with Gasteiger partial charge in [-0.05, 0) is 57.5 Å². The number of hydrogen-bond donors (Lipinski definition) is 1. The predicted molar refractivity (Wildman–Crippen MR) is 90.3 cm³/mol. The van der Waals surface area contributed by atoms with Gasteiger partial charge in [-0.15, -0.1) is 0 Å². The van der Waals surface area contributed by atoms with Gasteiger partial charge in [-0.1, -0.05) is 22.4 Å². The van der Waals surface area contributed by atoms with E-state index in [2.05, 4.69) is 46.8 Å². The van der Waals surface area contributed by atoms with Gasteiger partial charge in [-0.25, -0.2) is 0 Å². The molecule has 1 aliphatic rings. The summed E-state index contributed by atoms with van der Waals surface area (Å²) in [5, 5.41) is 1.15. The van der Waals surface area contributed by atoms with E-state index in [4.69, 9.17) is 10.2 Å². The van der Waals surface area contributed by atoms with Crippen LogP contribution in [0.25, 0.3) is 11.0 Å². The first-order chi connectivity index (χ1) is 10.1. The topological polar surface area (TPSA) is 42.4 Å². The summed E-state index contributed by atoms with van der Waals surface area (Å²) in [6.45, 7) is 5.45. The SMILES string of the molecule is CC(N)C1CCCCN1C(C)c1cc2cc(Br)ccc2o1. The van der Waals surface area contributed by atoms with Gasteiger partial charge in [0.15, 0.2) is 0 Å². The van der Waals surface area contributed by atoms with Gasteiger partial charge in [0.1, 0.15) is 11.3 Å². The molecule has 3 unspecified atom stereocenters.